The standard InChI is InChI=1S/C17H16BrNOS/c1-11(2)12(10-18)9-13-7-8-15(20-13)17-19-14-5-3-4-6-16(14)21-17/h3-9,11H,10H2,1-2H3. The van der Waals surface area contributed by atoms with E-state index in [1.165, 1.54) is 10.3 Å². The number of nitrogens with zero attached hydrogens (tertiary/aromatic N) is 1. The van der Waals surface area contributed by atoms with Gasteiger partial charge in [0, 0.05) is 5.33 Å². The highest BCUT2D eigenvalue weighted by molar-refractivity contribution is 9.09. The van der Waals surface area contributed by atoms with Gasteiger partial charge >= 0.3 is 0 Å². The number of furan rings is 1. The number of hydrogen-bond acceptors (Lipinski definition) is 3. The maximum Gasteiger partial charge on any atom is 0.163 e. The SMILES string of the molecule is CC(C)C(=Cc1ccc(-c2nc3ccccc3s2)o1)CBr. The highest BCUT2D eigenvalue weighted by Crippen LogP contribution is 2.31. The molecule has 0 aliphatic carbocycles. The van der Waals surface area contributed by atoms with Crippen LogP contribution < -0.4 is 0 Å². The van der Waals surface area contributed by atoms with E-state index in [-0.39, 0.29) is 0 Å². The van der Waals surface area contributed by atoms with Crippen LogP contribution in [0.25, 0.3) is 27.1 Å². The summed E-state index contributed by atoms with van der Waals surface area (Å²) < 4.78 is 7.12. The minimum absolute atomic E-state index is 0.500. The van der Waals surface area contributed by atoms with E-state index in [2.05, 4.69) is 46.9 Å². The summed E-state index contributed by atoms with van der Waals surface area (Å²) in [6.45, 7) is 4.37. The molecule has 0 spiro atoms. The largest absolute Gasteiger partial charge is 0.454 e. The van der Waals surface area contributed by atoms with Crippen molar-refractivity contribution in [2.45, 2.75) is 13.8 Å². The summed E-state index contributed by atoms with van der Waals surface area (Å²) >= 11 is 5.19. The van der Waals surface area contributed by atoms with Gasteiger partial charge < -0.3 is 4.42 Å². The molecule has 0 amide bonds. The monoisotopic (exact) mass is 361 g/mol. The predicted molar refractivity (Wildman–Crippen MR) is 93.9 cm³/mol. The molecule has 3 rings (SSSR count). The Labute approximate surface area is 136 Å². The van der Waals surface area contributed by atoms with Gasteiger partial charge in [0.2, 0.25) is 0 Å². The van der Waals surface area contributed by atoms with Crippen molar-refractivity contribution in [3.63, 3.8) is 0 Å². The summed E-state index contributed by atoms with van der Waals surface area (Å²) in [6, 6.07) is 12.2. The van der Waals surface area contributed by atoms with E-state index in [4.69, 9.17) is 4.42 Å². The average Bonchev–Trinajstić information content (AvgIpc) is 3.10. The van der Waals surface area contributed by atoms with E-state index in [9.17, 15) is 0 Å². The predicted octanol–water partition coefficient (Wildman–Crippen LogP) is 5.99. The lowest BCUT2D eigenvalue weighted by atomic mass is 10.0. The van der Waals surface area contributed by atoms with E-state index < -0.39 is 0 Å². The summed E-state index contributed by atoms with van der Waals surface area (Å²) in [6.07, 6.45) is 2.11. The molecule has 0 aliphatic rings. The Balaban J connectivity index is 1.94. The molecule has 0 fully saturated rings. The van der Waals surface area contributed by atoms with Crippen LogP contribution in [0.2, 0.25) is 0 Å². The van der Waals surface area contributed by atoms with Crippen LogP contribution in [0.15, 0.2) is 46.4 Å². The van der Waals surface area contributed by atoms with Crippen molar-refractivity contribution in [1.82, 2.24) is 4.98 Å². The van der Waals surface area contributed by atoms with Gasteiger partial charge in [-0.25, -0.2) is 4.98 Å². The van der Waals surface area contributed by atoms with Crippen LogP contribution in [0.3, 0.4) is 0 Å². The first-order valence-corrected chi connectivity index (χ1v) is 8.83. The first kappa shape index (κ1) is 14.5. The van der Waals surface area contributed by atoms with Crippen LogP contribution in [0, 0.1) is 5.92 Å². The Morgan fingerprint density at radius 3 is 2.81 bits per heavy atom. The zero-order valence-corrected chi connectivity index (χ0v) is 14.4. The Morgan fingerprint density at radius 2 is 2.10 bits per heavy atom. The molecule has 2 nitrogen and oxygen atoms in total. The third-order valence-electron chi connectivity index (χ3n) is 3.35. The van der Waals surface area contributed by atoms with E-state index >= 15 is 0 Å². The molecule has 2 heterocycles. The molecule has 0 bridgehead atoms. The molecule has 4 heteroatoms. The zero-order valence-electron chi connectivity index (χ0n) is 12.0. The number of thiazole rings is 1. The molecule has 0 atom stereocenters. The molecular formula is C17H16BrNOS. The van der Waals surface area contributed by atoms with E-state index in [1.807, 2.05) is 30.3 Å². The van der Waals surface area contributed by atoms with Crippen LogP contribution in [-0.4, -0.2) is 10.3 Å². The van der Waals surface area contributed by atoms with Crippen molar-refractivity contribution in [3.8, 4) is 10.8 Å². The number of benzene rings is 1. The average molecular weight is 362 g/mol. The van der Waals surface area contributed by atoms with Gasteiger partial charge in [0.1, 0.15) is 5.76 Å². The molecule has 1 aromatic carbocycles. The molecular weight excluding hydrogens is 346 g/mol. The fourth-order valence-electron chi connectivity index (χ4n) is 2.07. The number of aromatic nitrogens is 1. The number of allylic oxidation sites excluding steroid dienone is 1. The van der Waals surface area contributed by atoms with Crippen molar-refractivity contribution in [2.24, 2.45) is 5.92 Å². The summed E-state index contributed by atoms with van der Waals surface area (Å²) in [7, 11) is 0. The number of rotatable bonds is 4. The lowest BCUT2D eigenvalue weighted by molar-refractivity contribution is 0.570. The second-order valence-electron chi connectivity index (χ2n) is 5.20. The minimum Gasteiger partial charge on any atom is -0.454 e. The lowest BCUT2D eigenvalue weighted by Gasteiger charge is -2.06. The van der Waals surface area contributed by atoms with Gasteiger partial charge in [0.05, 0.1) is 10.2 Å². The first-order chi connectivity index (χ1) is 10.2. The number of alkyl halides is 1. The van der Waals surface area contributed by atoms with Crippen LogP contribution in [0.4, 0.5) is 0 Å². The van der Waals surface area contributed by atoms with Crippen molar-refractivity contribution >= 4 is 43.6 Å². The van der Waals surface area contributed by atoms with Crippen LogP contribution >= 0.6 is 27.3 Å². The lowest BCUT2D eigenvalue weighted by Crippen LogP contribution is -1.94. The van der Waals surface area contributed by atoms with Gasteiger partial charge in [-0.05, 0) is 36.3 Å². The van der Waals surface area contributed by atoms with Gasteiger partial charge in [0.25, 0.3) is 0 Å². The quantitative estimate of drug-likeness (QED) is 0.533. The molecule has 108 valence electrons. The number of halogens is 1. The van der Waals surface area contributed by atoms with E-state index in [0.717, 1.165) is 27.4 Å². The normalized spacial score (nSPS) is 12.5. The number of hydrogen-bond donors (Lipinski definition) is 0. The highest BCUT2D eigenvalue weighted by Gasteiger charge is 2.10. The van der Waals surface area contributed by atoms with Crippen LogP contribution in [-0.2, 0) is 0 Å². The third-order valence-corrected chi connectivity index (χ3v) is 5.05. The van der Waals surface area contributed by atoms with Gasteiger partial charge in [-0.2, -0.15) is 0 Å². The third kappa shape index (κ3) is 3.11. The summed E-state index contributed by atoms with van der Waals surface area (Å²) in [4.78, 5) is 4.63. The van der Waals surface area contributed by atoms with Crippen molar-refractivity contribution in [1.29, 1.82) is 0 Å². The fourth-order valence-corrected chi connectivity index (χ4v) is 3.80. The maximum absolute atomic E-state index is 5.93. The van der Waals surface area contributed by atoms with Crippen LogP contribution in [0.1, 0.15) is 19.6 Å². The summed E-state index contributed by atoms with van der Waals surface area (Å²) in [5.41, 5.74) is 2.34. The van der Waals surface area contributed by atoms with Gasteiger partial charge in [-0.15, -0.1) is 11.3 Å². The number of para-hydroxylation sites is 1. The molecule has 0 radical (unpaired) electrons. The van der Waals surface area contributed by atoms with Gasteiger partial charge in [-0.3, -0.25) is 0 Å². The number of fused-ring (bicyclic) bond motifs is 1. The van der Waals surface area contributed by atoms with Crippen molar-refractivity contribution < 1.29 is 4.42 Å². The Bertz CT molecular complexity index is 752. The van der Waals surface area contributed by atoms with Gasteiger partial charge in [-0.1, -0.05) is 47.5 Å². The molecule has 0 saturated heterocycles. The smallest absolute Gasteiger partial charge is 0.163 e. The van der Waals surface area contributed by atoms with Gasteiger partial charge in [0.15, 0.2) is 10.8 Å². The topological polar surface area (TPSA) is 26.0 Å². The molecule has 3 aromatic rings. The Morgan fingerprint density at radius 1 is 1.29 bits per heavy atom. The molecule has 0 N–H and O–H groups in total. The van der Waals surface area contributed by atoms with Crippen molar-refractivity contribution in [3.05, 3.63) is 47.7 Å². The van der Waals surface area contributed by atoms with E-state index in [0.29, 0.717) is 5.92 Å². The second-order valence-corrected chi connectivity index (χ2v) is 6.79. The van der Waals surface area contributed by atoms with Crippen LogP contribution in [0.5, 0.6) is 0 Å². The van der Waals surface area contributed by atoms with Crippen molar-refractivity contribution in [2.75, 3.05) is 5.33 Å². The summed E-state index contributed by atoms with van der Waals surface area (Å²) in [5.74, 6) is 2.22. The molecule has 0 unspecified atom stereocenters. The Kier molecular flexibility index (Phi) is 4.27. The minimum atomic E-state index is 0.500. The highest BCUT2D eigenvalue weighted by atomic mass is 79.9. The zero-order chi connectivity index (χ0) is 14.8. The summed E-state index contributed by atoms with van der Waals surface area (Å²) in [5, 5.41) is 1.79. The fraction of sp³-hybridized carbons (Fsp3) is 0.235. The molecule has 21 heavy (non-hydrogen) atoms. The molecule has 2 aromatic heterocycles. The van der Waals surface area contributed by atoms with E-state index in [1.54, 1.807) is 11.3 Å². The first-order valence-electron chi connectivity index (χ1n) is 6.89. The molecule has 0 saturated carbocycles. The molecule has 0 aliphatic heterocycles. The maximum atomic E-state index is 5.93. The second kappa shape index (κ2) is 6.16. The Hall–Kier alpha value is -1.39.